The second-order valence-electron chi connectivity index (χ2n) is 10.6. The molecule has 0 aromatic heterocycles. The first kappa shape index (κ1) is 18.6. The molecule has 4 aliphatic rings. The monoisotopic (exact) mass is 380 g/mol. The van der Waals surface area contributed by atoms with Crippen molar-refractivity contribution in [3.63, 3.8) is 0 Å². The average Bonchev–Trinajstić information content (AvgIpc) is 3.01. The molecule has 1 aromatic rings. The van der Waals surface area contributed by atoms with E-state index in [-0.39, 0.29) is 16.2 Å². The minimum atomic E-state index is -0.113. The van der Waals surface area contributed by atoms with Gasteiger partial charge in [-0.25, -0.2) is 0 Å². The van der Waals surface area contributed by atoms with Gasteiger partial charge in [0.1, 0.15) is 11.5 Å². The van der Waals surface area contributed by atoms with Gasteiger partial charge >= 0.3 is 0 Å². The second-order valence-corrected chi connectivity index (χ2v) is 10.6. The summed E-state index contributed by atoms with van der Waals surface area (Å²) in [6.07, 6.45) is 14.8. The van der Waals surface area contributed by atoms with Crippen molar-refractivity contribution >= 4 is 0 Å². The van der Waals surface area contributed by atoms with Crippen molar-refractivity contribution in [1.82, 2.24) is 0 Å². The number of aromatic hydroxyl groups is 2. The molecular formula is C26H36O2. The van der Waals surface area contributed by atoms with Crippen molar-refractivity contribution in [2.45, 2.75) is 95.8 Å². The lowest BCUT2D eigenvalue weighted by molar-refractivity contribution is 0.221. The summed E-state index contributed by atoms with van der Waals surface area (Å²) in [7, 11) is 0. The highest BCUT2D eigenvalue weighted by atomic mass is 16.3. The van der Waals surface area contributed by atoms with E-state index in [0.29, 0.717) is 23.3 Å². The quantitative estimate of drug-likeness (QED) is 0.406. The number of hydrogen-bond donors (Lipinski definition) is 2. The smallest absolute Gasteiger partial charge is 0.123 e. The molecule has 1 aromatic carbocycles. The van der Waals surface area contributed by atoms with Crippen molar-refractivity contribution in [2.75, 3.05) is 0 Å². The zero-order chi connectivity index (χ0) is 19.7. The third-order valence-electron chi connectivity index (χ3n) is 9.47. The summed E-state index contributed by atoms with van der Waals surface area (Å²) in [5.74, 6) is 1.94. The average molecular weight is 381 g/mol. The van der Waals surface area contributed by atoms with E-state index in [1.807, 2.05) is 12.1 Å². The van der Waals surface area contributed by atoms with Crippen molar-refractivity contribution in [2.24, 2.45) is 17.3 Å². The van der Waals surface area contributed by atoms with E-state index >= 15 is 0 Å². The van der Waals surface area contributed by atoms with Gasteiger partial charge in [-0.2, -0.15) is 0 Å². The Balaban J connectivity index is 1.49. The van der Waals surface area contributed by atoms with E-state index in [1.54, 1.807) is 0 Å². The van der Waals surface area contributed by atoms with Crippen LogP contribution in [-0.4, -0.2) is 10.2 Å². The van der Waals surface area contributed by atoms with E-state index in [9.17, 15) is 10.2 Å². The summed E-state index contributed by atoms with van der Waals surface area (Å²) >= 11 is 0. The van der Waals surface area contributed by atoms with Crippen LogP contribution in [0.15, 0.2) is 23.8 Å². The molecule has 4 atom stereocenters. The van der Waals surface area contributed by atoms with Crippen LogP contribution in [0.5, 0.6) is 11.5 Å². The Kier molecular flexibility index (Phi) is 4.00. The van der Waals surface area contributed by atoms with Gasteiger partial charge in [-0.3, -0.25) is 0 Å². The Bertz CT molecular complexity index is 808. The Morgan fingerprint density at radius 1 is 1.04 bits per heavy atom. The molecule has 0 spiro atoms. The summed E-state index contributed by atoms with van der Waals surface area (Å²) in [6.45, 7) is 6.85. The summed E-state index contributed by atoms with van der Waals surface area (Å²) in [5.41, 5.74) is 3.75. The Labute approximate surface area is 170 Å². The molecule has 0 aliphatic heterocycles. The molecule has 0 bridgehead atoms. The first-order valence-electron chi connectivity index (χ1n) is 11.7. The summed E-state index contributed by atoms with van der Waals surface area (Å²) in [5, 5.41) is 22.3. The van der Waals surface area contributed by atoms with Crippen LogP contribution in [0.25, 0.3) is 0 Å². The Morgan fingerprint density at radius 3 is 2.25 bits per heavy atom. The molecule has 2 heteroatoms. The minimum Gasteiger partial charge on any atom is -0.507 e. The van der Waals surface area contributed by atoms with Crippen molar-refractivity contribution < 1.29 is 10.2 Å². The molecule has 3 fully saturated rings. The van der Waals surface area contributed by atoms with Gasteiger partial charge in [-0.1, -0.05) is 64.0 Å². The first-order valence-corrected chi connectivity index (χ1v) is 11.7. The molecule has 152 valence electrons. The molecule has 4 unspecified atom stereocenters. The fraction of sp³-hybridized carbons (Fsp3) is 0.692. The molecule has 4 aliphatic carbocycles. The van der Waals surface area contributed by atoms with E-state index < -0.39 is 0 Å². The van der Waals surface area contributed by atoms with E-state index in [2.05, 4.69) is 26.8 Å². The number of phenolic OH excluding ortho intramolecular Hbond substituents is 2. The SMILES string of the molecule is CCCCCCC1(c2cc(O)c(C34C=C(C)C5CC3C54C)c(O)c2)CCCC1. The Morgan fingerprint density at radius 2 is 1.71 bits per heavy atom. The number of fused-ring (bicyclic) bond motifs is 1. The van der Waals surface area contributed by atoms with Crippen molar-refractivity contribution in [3.05, 3.63) is 34.9 Å². The third kappa shape index (κ3) is 2.10. The van der Waals surface area contributed by atoms with Crippen LogP contribution >= 0.6 is 0 Å². The summed E-state index contributed by atoms with van der Waals surface area (Å²) < 4.78 is 0. The maximum absolute atomic E-state index is 11.2. The number of allylic oxidation sites excluding steroid dienone is 2. The van der Waals surface area contributed by atoms with Gasteiger partial charge < -0.3 is 10.2 Å². The normalized spacial score (nSPS) is 36.8. The predicted octanol–water partition coefficient (Wildman–Crippen LogP) is 6.73. The van der Waals surface area contributed by atoms with E-state index in [1.165, 1.54) is 75.3 Å². The molecule has 28 heavy (non-hydrogen) atoms. The zero-order valence-electron chi connectivity index (χ0n) is 17.9. The van der Waals surface area contributed by atoms with E-state index in [0.717, 1.165) is 5.56 Å². The van der Waals surface area contributed by atoms with Crippen LogP contribution in [0.2, 0.25) is 0 Å². The van der Waals surface area contributed by atoms with Gasteiger partial charge in [0.2, 0.25) is 0 Å². The topological polar surface area (TPSA) is 40.5 Å². The molecule has 0 saturated heterocycles. The van der Waals surface area contributed by atoms with Gasteiger partial charge in [-0.05, 0) is 73.0 Å². The minimum absolute atomic E-state index is 0.113. The highest BCUT2D eigenvalue weighted by Crippen LogP contribution is 2.89. The maximum Gasteiger partial charge on any atom is 0.123 e. The molecule has 0 amide bonds. The second kappa shape index (κ2) is 6.03. The van der Waals surface area contributed by atoms with Crippen LogP contribution in [0.3, 0.4) is 0 Å². The molecular weight excluding hydrogens is 344 g/mol. The van der Waals surface area contributed by atoms with Crippen LogP contribution < -0.4 is 0 Å². The van der Waals surface area contributed by atoms with Crippen LogP contribution in [-0.2, 0) is 10.8 Å². The number of phenols is 2. The summed E-state index contributed by atoms with van der Waals surface area (Å²) in [6, 6.07) is 4.07. The Hall–Kier alpha value is -1.44. The maximum atomic E-state index is 11.2. The molecule has 5 rings (SSSR count). The fourth-order valence-corrected chi connectivity index (χ4v) is 7.91. The largest absolute Gasteiger partial charge is 0.507 e. The lowest BCUT2D eigenvalue weighted by Gasteiger charge is -2.32. The van der Waals surface area contributed by atoms with Gasteiger partial charge in [0.15, 0.2) is 0 Å². The first-order chi connectivity index (χ1) is 13.4. The molecule has 0 heterocycles. The van der Waals surface area contributed by atoms with Crippen LogP contribution in [0.1, 0.15) is 96.1 Å². The molecule has 2 N–H and O–H groups in total. The zero-order valence-corrected chi connectivity index (χ0v) is 17.9. The number of rotatable bonds is 7. The third-order valence-corrected chi connectivity index (χ3v) is 9.47. The fourth-order valence-electron chi connectivity index (χ4n) is 7.91. The van der Waals surface area contributed by atoms with Gasteiger partial charge in [0.25, 0.3) is 0 Å². The lowest BCUT2D eigenvalue weighted by Crippen LogP contribution is -2.25. The highest BCUT2D eigenvalue weighted by molar-refractivity contribution is 5.66. The van der Waals surface area contributed by atoms with Crippen LogP contribution in [0.4, 0.5) is 0 Å². The molecule has 3 saturated carbocycles. The summed E-state index contributed by atoms with van der Waals surface area (Å²) in [4.78, 5) is 0. The number of hydrogen-bond acceptors (Lipinski definition) is 2. The molecule has 2 nitrogen and oxygen atoms in total. The van der Waals surface area contributed by atoms with Gasteiger partial charge in [0, 0.05) is 11.0 Å². The van der Waals surface area contributed by atoms with Gasteiger partial charge in [-0.15, -0.1) is 0 Å². The number of benzene rings is 1. The van der Waals surface area contributed by atoms with E-state index in [4.69, 9.17) is 0 Å². The molecule has 0 radical (unpaired) electrons. The predicted molar refractivity (Wildman–Crippen MR) is 114 cm³/mol. The lowest BCUT2D eigenvalue weighted by atomic mass is 9.72. The standard InChI is InChI=1S/C26H36O2/c1-4-5-6-7-10-25(11-8-9-12-25)18-13-20(27)23(21(28)14-18)26-16-17(2)19-15-22(26)24(19,26)3/h13-14,16,19,22,27-28H,4-12,15H2,1-3H3. The number of unbranched alkanes of at least 4 members (excludes halogenated alkanes) is 3. The highest BCUT2D eigenvalue weighted by Gasteiger charge is 2.86. The van der Waals surface area contributed by atoms with Crippen LogP contribution in [0, 0.1) is 17.3 Å². The van der Waals surface area contributed by atoms with Gasteiger partial charge in [0.05, 0.1) is 0 Å². The van der Waals surface area contributed by atoms with Crippen molar-refractivity contribution in [1.29, 1.82) is 0 Å². The van der Waals surface area contributed by atoms with Crippen molar-refractivity contribution in [3.8, 4) is 11.5 Å².